The van der Waals surface area contributed by atoms with E-state index in [1.54, 1.807) is 0 Å². The van der Waals surface area contributed by atoms with Crippen molar-refractivity contribution in [2.45, 2.75) is 52.5 Å². The lowest BCUT2D eigenvalue weighted by Gasteiger charge is -2.32. The van der Waals surface area contributed by atoms with Crippen LogP contribution in [0, 0.1) is 5.82 Å². The van der Waals surface area contributed by atoms with E-state index in [4.69, 9.17) is 0 Å². The van der Waals surface area contributed by atoms with Crippen molar-refractivity contribution < 1.29 is 4.39 Å². The zero-order chi connectivity index (χ0) is 13.6. The van der Waals surface area contributed by atoms with Gasteiger partial charge in [0, 0.05) is 12.1 Å². The normalized spacial score (nSPS) is 11.4. The monoisotopic (exact) mass is 254 g/mol. The van der Waals surface area contributed by atoms with Gasteiger partial charge in [-0.3, -0.25) is 0 Å². The van der Waals surface area contributed by atoms with Crippen molar-refractivity contribution in [3.8, 4) is 0 Å². The summed E-state index contributed by atoms with van der Waals surface area (Å²) in [5.41, 5.74) is -0.0985. The summed E-state index contributed by atoms with van der Waals surface area (Å²) in [6.45, 7) is 8.97. The molecule has 0 aliphatic rings. The lowest BCUT2D eigenvalue weighted by molar-refractivity contribution is 0.415. The second-order valence-electron chi connectivity index (χ2n) is 4.39. The fourth-order valence-corrected chi connectivity index (χ4v) is 1.96. The zero-order valence-electron chi connectivity index (χ0n) is 11.7. The Balaban J connectivity index is 2.97. The number of halogens is 1. The average Bonchev–Trinajstić information content (AvgIpc) is 2.40. The zero-order valence-corrected chi connectivity index (χ0v) is 11.7. The quantitative estimate of drug-likeness (QED) is 0.782. The smallest absolute Gasteiger partial charge is 0.224 e. The molecule has 0 amide bonds. The van der Waals surface area contributed by atoms with Gasteiger partial charge in [-0.2, -0.15) is 4.98 Å². The Hall–Kier alpha value is -1.39. The molecule has 0 aromatic carbocycles. The van der Waals surface area contributed by atoms with Crippen molar-refractivity contribution in [3.05, 3.63) is 12.0 Å². The van der Waals surface area contributed by atoms with Crippen LogP contribution in [0.3, 0.4) is 0 Å². The second-order valence-corrected chi connectivity index (χ2v) is 4.39. The van der Waals surface area contributed by atoms with Crippen LogP contribution >= 0.6 is 0 Å². The van der Waals surface area contributed by atoms with E-state index in [1.807, 2.05) is 6.92 Å². The molecule has 1 rings (SSSR count). The second kappa shape index (κ2) is 6.52. The van der Waals surface area contributed by atoms with E-state index in [-0.39, 0.29) is 11.4 Å². The third-order valence-electron chi connectivity index (χ3n) is 3.49. The maximum atomic E-state index is 13.7. The highest BCUT2D eigenvalue weighted by Gasteiger charge is 2.25. The SMILES string of the molecule is CCNc1ncc(F)c(NC(CC)(CC)CC)n1. The molecule has 0 bridgehead atoms. The molecule has 18 heavy (non-hydrogen) atoms. The van der Waals surface area contributed by atoms with Crippen molar-refractivity contribution in [1.82, 2.24) is 9.97 Å². The Morgan fingerprint density at radius 3 is 2.28 bits per heavy atom. The fraction of sp³-hybridized carbons (Fsp3) is 0.692. The molecule has 1 aromatic heterocycles. The van der Waals surface area contributed by atoms with Gasteiger partial charge in [0.2, 0.25) is 5.95 Å². The fourth-order valence-electron chi connectivity index (χ4n) is 1.96. The van der Waals surface area contributed by atoms with Crippen LogP contribution in [0.15, 0.2) is 6.20 Å². The van der Waals surface area contributed by atoms with Crippen LogP contribution < -0.4 is 10.6 Å². The van der Waals surface area contributed by atoms with Gasteiger partial charge in [-0.25, -0.2) is 9.37 Å². The number of nitrogens with zero attached hydrogens (tertiary/aromatic N) is 2. The highest BCUT2D eigenvalue weighted by atomic mass is 19.1. The van der Waals surface area contributed by atoms with Crippen LogP contribution in [0.4, 0.5) is 16.2 Å². The van der Waals surface area contributed by atoms with E-state index in [0.29, 0.717) is 12.5 Å². The van der Waals surface area contributed by atoms with Crippen molar-refractivity contribution in [2.24, 2.45) is 0 Å². The van der Waals surface area contributed by atoms with Gasteiger partial charge in [-0.05, 0) is 26.2 Å². The maximum Gasteiger partial charge on any atom is 0.224 e. The molecule has 0 saturated heterocycles. The molecule has 0 atom stereocenters. The first-order valence-corrected chi connectivity index (χ1v) is 6.65. The number of nitrogens with one attached hydrogen (secondary N) is 2. The van der Waals surface area contributed by atoms with Gasteiger partial charge in [-0.15, -0.1) is 0 Å². The molecule has 0 unspecified atom stereocenters. The van der Waals surface area contributed by atoms with Crippen LogP contribution in [0.1, 0.15) is 47.0 Å². The van der Waals surface area contributed by atoms with Crippen LogP contribution in [0.5, 0.6) is 0 Å². The number of anilines is 2. The Bertz CT molecular complexity index is 369. The molecule has 2 N–H and O–H groups in total. The van der Waals surface area contributed by atoms with Crippen molar-refractivity contribution >= 4 is 11.8 Å². The lowest BCUT2D eigenvalue weighted by Crippen LogP contribution is -2.37. The third-order valence-corrected chi connectivity index (χ3v) is 3.49. The van der Waals surface area contributed by atoms with Gasteiger partial charge < -0.3 is 10.6 Å². The average molecular weight is 254 g/mol. The van der Waals surface area contributed by atoms with Gasteiger partial charge >= 0.3 is 0 Å². The lowest BCUT2D eigenvalue weighted by atomic mass is 9.90. The third kappa shape index (κ3) is 3.31. The summed E-state index contributed by atoms with van der Waals surface area (Å²) in [4.78, 5) is 8.08. The molecule has 4 nitrogen and oxygen atoms in total. The van der Waals surface area contributed by atoms with E-state index in [1.165, 1.54) is 6.20 Å². The van der Waals surface area contributed by atoms with Crippen molar-refractivity contribution in [3.63, 3.8) is 0 Å². The van der Waals surface area contributed by atoms with Gasteiger partial charge in [0.05, 0.1) is 6.20 Å². The van der Waals surface area contributed by atoms with Crippen LogP contribution in [0.25, 0.3) is 0 Å². The minimum Gasteiger partial charge on any atom is -0.362 e. The first kappa shape index (κ1) is 14.7. The summed E-state index contributed by atoms with van der Waals surface area (Å²) in [6.07, 6.45) is 4.00. The molecule has 0 aliphatic carbocycles. The molecular weight excluding hydrogens is 231 g/mol. The molecule has 0 aliphatic heterocycles. The molecule has 0 saturated carbocycles. The van der Waals surface area contributed by atoms with E-state index in [2.05, 4.69) is 41.4 Å². The minimum absolute atomic E-state index is 0.0985. The van der Waals surface area contributed by atoms with Crippen LogP contribution in [-0.2, 0) is 0 Å². The van der Waals surface area contributed by atoms with E-state index < -0.39 is 5.82 Å². The Kier molecular flexibility index (Phi) is 5.31. The van der Waals surface area contributed by atoms with Crippen molar-refractivity contribution in [2.75, 3.05) is 17.2 Å². The van der Waals surface area contributed by atoms with Crippen LogP contribution in [-0.4, -0.2) is 22.1 Å². The molecular formula is C13H23FN4. The Morgan fingerprint density at radius 2 is 1.78 bits per heavy atom. The number of hydrogen-bond acceptors (Lipinski definition) is 4. The topological polar surface area (TPSA) is 49.8 Å². The standard InChI is InChI=1S/C13H23FN4/c1-5-13(6-2,7-3)18-11-10(14)9-16-12(17-11)15-8-4/h9H,5-8H2,1-4H3,(H2,15,16,17,18). The molecule has 102 valence electrons. The highest BCUT2D eigenvalue weighted by molar-refractivity contribution is 5.43. The summed E-state index contributed by atoms with van der Waals surface area (Å²) in [5, 5.41) is 6.23. The summed E-state index contributed by atoms with van der Waals surface area (Å²) in [5.74, 6) is 0.335. The van der Waals surface area contributed by atoms with Gasteiger partial charge in [0.1, 0.15) is 0 Å². The minimum atomic E-state index is -0.406. The Morgan fingerprint density at radius 1 is 1.17 bits per heavy atom. The number of hydrogen-bond donors (Lipinski definition) is 2. The molecule has 0 spiro atoms. The maximum absolute atomic E-state index is 13.7. The Labute approximate surface area is 108 Å². The summed E-state index contributed by atoms with van der Waals surface area (Å²) in [6, 6.07) is 0. The summed E-state index contributed by atoms with van der Waals surface area (Å²) < 4.78 is 13.7. The molecule has 0 fully saturated rings. The molecule has 0 radical (unpaired) electrons. The van der Waals surface area contributed by atoms with Crippen molar-refractivity contribution in [1.29, 1.82) is 0 Å². The predicted octanol–water partition coefficient (Wildman–Crippen LogP) is 3.43. The largest absolute Gasteiger partial charge is 0.362 e. The first-order valence-electron chi connectivity index (χ1n) is 6.65. The highest BCUT2D eigenvalue weighted by Crippen LogP contribution is 2.26. The molecule has 5 heteroatoms. The van der Waals surface area contributed by atoms with Crippen LogP contribution in [0.2, 0.25) is 0 Å². The number of aromatic nitrogens is 2. The number of rotatable bonds is 7. The van der Waals surface area contributed by atoms with Gasteiger partial charge in [-0.1, -0.05) is 20.8 Å². The molecule has 1 aromatic rings. The van der Waals surface area contributed by atoms with E-state index in [0.717, 1.165) is 19.3 Å². The predicted molar refractivity (Wildman–Crippen MR) is 73.4 cm³/mol. The van der Waals surface area contributed by atoms with E-state index in [9.17, 15) is 4.39 Å². The molecule has 1 heterocycles. The van der Waals surface area contributed by atoms with Gasteiger partial charge in [0.25, 0.3) is 0 Å². The first-order chi connectivity index (χ1) is 8.60. The summed E-state index contributed by atoms with van der Waals surface area (Å²) >= 11 is 0. The summed E-state index contributed by atoms with van der Waals surface area (Å²) in [7, 11) is 0. The van der Waals surface area contributed by atoms with Gasteiger partial charge in [0.15, 0.2) is 11.6 Å². The van der Waals surface area contributed by atoms with E-state index >= 15 is 0 Å².